The van der Waals surface area contributed by atoms with E-state index < -0.39 is 28.5 Å². The number of benzene rings is 3. The fraction of sp³-hybridized carbons (Fsp3) is 0.286. The summed E-state index contributed by atoms with van der Waals surface area (Å²) < 4.78 is 45.2. The molecule has 1 aliphatic rings. The van der Waals surface area contributed by atoms with Gasteiger partial charge in [0.25, 0.3) is 10.0 Å². The number of ether oxygens (including phenoxy) is 3. The number of fused-ring (bicyclic) bond motifs is 1. The van der Waals surface area contributed by atoms with Crippen LogP contribution in [0.25, 0.3) is 0 Å². The molecule has 0 aromatic heterocycles. The predicted octanol–water partition coefficient (Wildman–Crippen LogP) is 2.82. The minimum atomic E-state index is -4.17. The Bertz CT molecular complexity index is 1410. The Morgan fingerprint density at radius 2 is 1.64 bits per heavy atom. The van der Waals surface area contributed by atoms with Crippen LogP contribution in [0.2, 0.25) is 0 Å². The maximum Gasteiger partial charge on any atom is 0.264 e. The second-order valence-electron chi connectivity index (χ2n) is 8.81. The molecule has 3 aromatic carbocycles. The van der Waals surface area contributed by atoms with Crippen LogP contribution in [-0.2, 0) is 26.2 Å². The molecule has 206 valence electrons. The normalized spacial score (nSPS) is 13.2. The summed E-state index contributed by atoms with van der Waals surface area (Å²) in [5, 5.41) is 2.56. The molecule has 11 heteroatoms. The Labute approximate surface area is 228 Å². The third-order valence-electron chi connectivity index (χ3n) is 6.35. The number of sulfonamides is 1. The molecule has 0 spiro atoms. The van der Waals surface area contributed by atoms with Crippen LogP contribution in [0.3, 0.4) is 0 Å². The van der Waals surface area contributed by atoms with E-state index >= 15 is 0 Å². The van der Waals surface area contributed by atoms with E-state index in [0.717, 1.165) is 9.87 Å². The van der Waals surface area contributed by atoms with Crippen molar-refractivity contribution in [2.24, 2.45) is 0 Å². The molecular formula is C28H31N3O7S. The van der Waals surface area contributed by atoms with Gasteiger partial charge in [-0.1, -0.05) is 30.3 Å². The van der Waals surface area contributed by atoms with Crippen LogP contribution >= 0.6 is 0 Å². The summed E-state index contributed by atoms with van der Waals surface area (Å²) in [6.45, 7) is 1.83. The highest BCUT2D eigenvalue weighted by atomic mass is 32.2. The lowest BCUT2D eigenvalue weighted by Crippen LogP contribution is -2.50. The molecule has 39 heavy (non-hydrogen) atoms. The Kier molecular flexibility index (Phi) is 8.60. The lowest BCUT2D eigenvalue weighted by molar-refractivity contribution is -0.139. The quantitative estimate of drug-likeness (QED) is 0.411. The summed E-state index contributed by atoms with van der Waals surface area (Å²) in [4.78, 5) is 27.8. The van der Waals surface area contributed by atoms with Crippen molar-refractivity contribution in [3.05, 3.63) is 78.4 Å². The molecule has 1 atom stereocenters. The first-order chi connectivity index (χ1) is 18.7. The SMILES string of the molecule is CNC(=O)C(C)N(Cc1ccc(OC)cc1)C(=O)CN(c1ccc2c(c1)OCCO2)S(=O)(=O)c1ccccc1. The van der Waals surface area contributed by atoms with Crippen molar-refractivity contribution in [3.63, 3.8) is 0 Å². The highest BCUT2D eigenvalue weighted by molar-refractivity contribution is 7.92. The number of nitrogens with one attached hydrogen (secondary N) is 1. The van der Waals surface area contributed by atoms with Crippen LogP contribution in [-0.4, -0.2) is 65.1 Å². The van der Waals surface area contributed by atoms with Gasteiger partial charge in [-0.2, -0.15) is 0 Å². The van der Waals surface area contributed by atoms with Crippen molar-refractivity contribution in [2.75, 3.05) is 38.2 Å². The van der Waals surface area contributed by atoms with Crippen molar-refractivity contribution in [3.8, 4) is 17.2 Å². The van der Waals surface area contributed by atoms with Gasteiger partial charge in [-0.3, -0.25) is 13.9 Å². The summed E-state index contributed by atoms with van der Waals surface area (Å²) in [7, 11) is -1.13. The smallest absolute Gasteiger partial charge is 0.264 e. The van der Waals surface area contributed by atoms with E-state index in [1.165, 1.54) is 30.1 Å². The minimum Gasteiger partial charge on any atom is -0.497 e. The molecule has 0 fully saturated rings. The Hall–Kier alpha value is -4.25. The molecule has 1 unspecified atom stereocenters. The van der Waals surface area contributed by atoms with Gasteiger partial charge >= 0.3 is 0 Å². The average Bonchev–Trinajstić information content (AvgIpc) is 2.98. The fourth-order valence-electron chi connectivity index (χ4n) is 4.15. The molecule has 0 bridgehead atoms. The van der Waals surface area contributed by atoms with Crippen LogP contribution in [0.1, 0.15) is 12.5 Å². The van der Waals surface area contributed by atoms with Crippen molar-refractivity contribution >= 4 is 27.5 Å². The monoisotopic (exact) mass is 553 g/mol. The summed E-state index contributed by atoms with van der Waals surface area (Å²) in [6.07, 6.45) is 0. The maximum atomic E-state index is 13.8. The predicted molar refractivity (Wildman–Crippen MR) is 145 cm³/mol. The zero-order valence-electron chi connectivity index (χ0n) is 22.0. The van der Waals surface area contributed by atoms with Gasteiger partial charge in [0.05, 0.1) is 17.7 Å². The minimum absolute atomic E-state index is 0.0220. The first-order valence-corrected chi connectivity index (χ1v) is 13.8. The second-order valence-corrected chi connectivity index (χ2v) is 10.7. The number of hydrogen-bond donors (Lipinski definition) is 1. The largest absolute Gasteiger partial charge is 0.497 e. The van der Waals surface area contributed by atoms with Gasteiger partial charge in [-0.15, -0.1) is 0 Å². The van der Waals surface area contributed by atoms with Crippen molar-refractivity contribution in [1.29, 1.82) is 0 Å². The van der Waals surface area contributed by atoms with Crippen molar-refractivity contribution in [2.45, 2.75) is 24.4 Å². The first-order valence-electron chi connectivity index (χ1n) is 12.4. The van der Waals surface area contributed by atoms with Gasteiger partial charge in [-0.05, 0) is 48.9 Å². The number of hydrogen-bond acceptors (Lipinski definition) is 7. The standard InChI is InChI=1S/C28H31N3O7S/c1-20(28(33)29-2)30(18-21-9-12-23(36-3)13-10-21)27(32)19-31(39(34,35)24-7-5-4-6-8-24)22-11-14-25-26(17-22)38-16-15-37-25/h4-14,17,20H,15-16,18-19H2,1-3H3,(H,29,33). The molecule has 0 saturated carbocycles. The fourth-order valence-corrected chi connectivity index (χ4v) is 5.58. The lowest BCUT2D eigenvalue weighted by Gasteiger charge is -2.32. The molecular weight excluding hydrogens is 522 g/mol. The zero-order valence-corrected chi connectivity index (χ0v) is 22.8. The molecule has 0 radical (unpaired) electrons. The Balaban J connectivity index is 1.72. The van der Waals surface area contributed by atoms with E-state index in [9.17, 15) is 18.0 Å². The second kappa shape index (κ2) is 12.1. The van der Waals surface area contributed by atoms with Crippen molar-refractivity contribution < 1.29 is 32.2 Å². The number of methoxy groups -OCH3 is 1. The number of amides is 2. The first kappa shape index (κ1) is 27.8. The van der Waals surface area contributed by atoms with Gasteiger partial charge in [0, 0.05) is 19.7 Å². The highest BCUT2D eigenvalue weighted by Gasteiger charge is 2.33. The Morgan fingerprint density at radius 1 is 0.974 bits per heavy atom. The van der Waals surface area contributed by atoms with Crippen molar-refractivity contribution in [1.82, 2.24) is 10.2 Å². The number of carbonyl (C=O) groups excluding carboxylic acids is 2. The number of anilines is 1. The van der Waals surface area contributed by atoms with Gasteiger partial charge in [0.2, 0.25) is 11.8 Å². The Morgan fingerprint density at radius 3 is 2.28 bits per heavy atom. The van der Waals surface area contributed by atoms with Gasteiger partial charge < -0.3 is 24.4 Å². The van der Waals surface area contributed by atoms with E-state index in [0.29, 0.717) is 30.5 Å². The zero-order chi connectivity index (χ0) is 28.0. The van der Waals surface area contributed by atoms with Crippen LogP contribution < -0.4 is 23.8 Å². The summed E-state index contributed by atoms with van der Waals surface area (Å²) in [5.41, 5.74) is 0.977. The molecule has 1 heterocycles. The van der Waals surface area contributed by atoms with Crippen LogP contribution in [0.4, 0.5) is 5.69 Å². The molecule has 1 aliphatic heterocycles. The van der Waals surface area contributed by atoms with Crippen LogP contribution in [0, 0.1) is 0 Å². The molecule has 3 aromatic rings. The topological polar surface area (TPSA) is 114 Å². The van der Waals surface area contributed by atoms with Gasteiger partial charge in [-0.25, -0.2) is 8.42 Å². The molecule has 4 rings (SSSR count). The summed E-state index contributed by atoms with van der Waals surface area (Å²) >= 11 is 0. The summed E-state index contributed by atoms with van der Waals surface area (Å²) in [5.74, 6) is 0.579. The van der Waals surface area contributed by atoms with E-state index in [2.05, 4.69) is 5.32 Å². The third kappa shape index (κ3) is 6.26. The molecule has 2 amide bonds. The third-order valence-corrected chi connectivity index (χ3v) is 8.14. The van der Waals surface area contributed by atoms with Gasteiger partial charge in [0.15, 0.2) is 11.5 Å². The molecule has 10 nitrogen and oxygen atoms in total. The lowest BCUT2D eigenvalue weighted by atomic mass is 10.1. The highest BCUT2D eigenvalue weighted by Crippen LogP contribution is 2.36. The van der Waals surface area contributed by atoms with Gasteiger partial charge in [0.1, 0.15) is 31.5 Å². The molecule has 0 saturated heterocycles. The summed E-state index contributed by atoms with van der Waals surface area (Å²) in [6, 6.07) is 18.8. The van der Waals surface area contributed by atoms with E-state index in [1.807, 2.05) is 0 Å². The van der Waals surface area contributed by atoms with E-state index in [-0.39, 0.29) is 23.0 Å². The van der Waals surface area contributed by atoms with E-state index in [4.69, 9.17) is 14.2 Å². The van der Waals surface area contributed by atoms with E-state index in [1.54, 1.807) is 68.6 Å². The molecule has 1 N–H and O–H groups in total. The van der Waals surface area contributed by atoms with Crippen LogP contribution in [0.15, 0.2) is 77.7 Å². The number of nitrogens with zero attached hydrogens (tertiary/aromatic N) is 2. The molecule has 0 aliphatic carbocycles. The van der Waals surface area contributed by atoms with Crippen LogP contribution in [0.5, 0.6) is 17.2 Å². The number of carbonyl (C=O) groups is 2. The maximum absolute atomic E-state index is 13.8. The average molecular weight is 554 g/mol. The number of likely N-dealkylation sites (N-methyl/N-ethyl adjacent to an activating group) is 1. The number of rotatable bonds is 10.